The molecule has 1 amide bonds. The van der Waals surface area contributed by atoms with Gasteiger partial charge in [-0.05, 0) is 37.7 Å². The summed E-state index contributed by atoms with van der Waals surface area (Å²) in [6.45, 7) is 2.64. The number of carbonyl (C=O) groups is 1. The number of carbonyl (C=O) groups excluding carboxylic acids is 1. The molecule has 1 aliphatic heterocycles. The molecule has 6 nitrogen and oxygen atoms in total. The normalized spacial score (nSPS) is 17.1. The highest BCUT2D eigenvalue weighted by Crippen LogP contribution is 2.10. The number of thioether (sulfide) groups is 1. The van der Waals surface area contributed by atoms with Gasteiger partial charge in [0, 0.05) is 33.8 Å². The second kappa shape index (κ2) is 16.0. The number of ether oxygens (including phenoxy) is 1. The van der Waals surface area contributed by atoms with Gasteiger partial charge >= 0.3 is 0 Å². The van der Waals surface area contributed by atoms with Crippen molar-refractivity contribution in [3.63, 3.8) is 0 Å². The van der Waals surface area contributed by atoms with Crippen molar-refractivity contribution in [3.8, 4) is 0 Å². The molecule has 1 rings (SSSR count). The van der Waals surface area contributed by atoms with E-state index in [1.54, 1.807) is 19.0 Å². The third-order valence-corrected chi connectivity index (χ3v) is 4.66. The lowest BCUT2D eigenvalue weighted by atomic mass is 10.2. The van der Waals surface area contributed by atoms with Crippen molar-refractivity contribution < 1.29 is 9.53 Å². The summed E-state index contributed by atoms with van der Waals surface area (Å²) in [4.78, 5) is 17.7. The monoisotopic (exact) mass is 486 g/mol. The number of aliphatic imine (C=N–C) groups is 1. The van der Waals surface area contributed by atoms with Gasteiger partial charge in [-0.2, -0.15) is 11.8 Å². The summed E-state index contributed by atoms with van der Waals surface area (Å²) >= 11 is 1.91. The fraction of sp³-hybridized carbons (Fsp3) is 0.882. The summed E-state index contributed by atoms with van der Waals surface area (Å²) < 4.78 is 5.63. The van der Waals surface area contributed by atoms with Crippen LogP contribution in [-0.4, -0.2) is 75.2 Å². The molecule has 1 atom stereocenters. The molecule has 0 aromatic heterocycles. The predicted octanol–water partition coefficient (Wildman–Crippen LogP) is 2.33. The first-order valence-electron chi connectivity index (χ1n) is 8.96. The maximum Gasteiger partial charge on any atom is 0.243 e. The fourth-order valence-electron chi connectivity index (χ4n) is 2.41. The molecule has 0 aromatic rings. The van der Waals surface area contributed by atoms with Crippen molar-refractivity contribution in [3.05, 3.63) is 0 Å². The van der Waals surface area contributed by atoms with Crippen LogP contribution in [0.15, 0.2) is 4.99 Å². The van der Waals surface area contributed by atoms with E-state index in [9.17, 15) is 4.79 Å². The molecule has 8 heteroatoms. The highest BCUT2D eigenvalue weighted by molar-refractivity contribution is 14.0. The zero-order valence-corrected chi connectivity index (χ0v) is 19.0. The van der Waals surface area contributed by atoms with Crippen molar-refractivity contribution in [1.82, 2.24) is 15.5 Å². The predicted molar refractivity (Wildman–Crippen MR) is 118 cm³/mol. The summed E-state index contributed by atoms with van der Waals surface area (Å²) in [6.07, 6.45) is 9.54. The van der Waals surface area contributed by atoms with Gasteiger partial charge < -0.3 is 20.3 Å². The molecular formula is C17H35IN4O2S. The Labute approximate surface area is 174 Å². The largest absolute Gasteiger partial charge is 0.376 e. The number of nitrogens with zero attached hydrogens (tertiary/aromatic N) is 2. The van der Waals surface area contributed by atoms with Gasteiger partial charge in [-0.3, -0.25) is 4.79 Å². The van der Waals surface area contributed by atoms with E-state index in [4.69, 9.17) is 4.74 Å². The molecule has 1 saturated heterocycles. The molecule has 0 aliphatic carbocycles. The number of guanidine groups is 1. The highest BCUT2D eigenvalue weighted by Gasteiger charge is 2.15. The van der Waals surface area contributed by atoms with Crippen LogP contribution < -0.4 is 10.6 Å². The number of halogens is 1. The van der Waals surface area contributed by atoms with Crippen LogP contribution in [0.25, 0.3) is 0 Å². The molecule has 0 bridgehead atoms. The van der Waals surface area contributed by atoms with Crippen LogP contribution in [0.4, 0.5) is 0 Å². The van der Waals surface area contributed by atoms with Crippen molar-refractivity contribution in [2.45, 2.75) is 44.6 Å². The van der Waals surface area contributed by atoms with Crippen LogP contribution in [0.5, 0.6) is 0 Å². The van der Waals surface area contributed by atoms with Crippen molar-refractivity contribution >= 4 is 47.6 Å². The summed E-state index contributed by atoms with van der Waals surface area (Å²) in [7, 11) is 3.50. The van der Waals surface area contributed by atoms with Gasteiger partial charge in [0.1, 0.15) is 6.54 Å². The SMILES string of the molecule is CSCCCCCCNC(=NCC(=O)N(C)C)NCC1CCCO1.I. The van der Waals surface area contributed by atoms with E-state index in [0.29, 0.717) is 5.96 Å². The summed E-state index contributed by atoms with van der Waals surface area (Å²) in [6, 6.07) is 0. The van der Waals surface area contributed by atoms with Crippen LogP contribution in [-0.2, 0) is 9.53 Å². The Hall–Kier alpha value is -0.220. The van der Waals surface area contributed by atoms with Gasteiger partial charge in [-0.15, -0.1) is 24.0 Å². The van der Waals surface area contributed by atoms with Gasteiger partial charge in [-0.25, -0.2) is 4.99 Å². The number of rotatable bonds is 11. The maximum absolute atomic E-state index is 11.7. The number of unbranched alkanes of at least 4 members (excludes halogenated alkanes) is 3. The number of hydrogen-bond donors (Lipinski definition) is 2. The quantitative estimate of drug-likeness (QED) is 0.203. The third-order valence-electron chi connectivity index (χ3n) is 3.96. The molecule has 0 saturated carbocycles. The Morgan fingerprint density at radius 1 is 1.24 bits per heavy atom. The number of likely N-dealkylation sites (N-methyl/N-ethyl adjacent to an activating group) is 1. The Morgan fingerprint density at radius 2 is 2.00 bits per heavy atom. The van der Waals surface area contributed by atoms with E-state index in [0.717, 1.165) is 39.0 Å². The first kappa shape index (κ1) is 24.8. The number of hydrogen-bond acceptors (Lipinski definition) is 4. The van der Waals surface area contributed by atoms with E-state index in [1.165, 1.54) is 25.0 Å². The zero-order chi connectivity index (χ0) is 17.6. The van der Waals surface area contributed by atoms with E-state index in [-0.39, 0.29) is 42.5 Å². The highest BCUT2D eigenvalue weighted by atomic mass is 127. The molecule has 1 fully saturated rings. The zero-order valence-electron chi connectivity index (χ0n) is 15.9. The minimum Gasteiger partial charge on any atom is -0.376 e. The molecule has 148 valence electrons. The Morgan fingerprint density at radius 3 is 2.64 bits per heavy atom. The fourth-order valence-corrected chi connectivity index (χ4v) is 2.90. The van der Waals surface area contributed by atoms with Gasteiger partial charge in [0.15, 0.2) is 5.96 Å². The van der Waals surface area contributed by atoms with E-state index in [2.05, 4.69) is 21.9 Å². The molecule has 1 heterocycles. The van der Waals surface area contributed by atoms with E-state index >= 15 is 0 Å². The second-order valence-electron chi connectivity index (χ2n) is 6.30. The molecule has 1 aliphatic rings. The number of nitrogens with one attached hydrogen (secondary N) is 2. The average Bonchev–Trinajstić information content (AvgIpc) is 3.08. The number of amides is 1. The third kappa shape index (κ3) is 12.7. The Balaban J connectivity index is 0.00000576. The molecule has 0 aromatic carbocycles. The van der Waals surface area contributed by atoms with Gasteiger partial charge in [0.25, 0.3) is 0 Å². The Bertz CT molecular complexity index is 378. The topological polar surface area (TPSA) is 66.0 Å². The van der Waals surface area contributed by atoms with E-state index < -0.39 is 0 Å². The van der Waals surface area contributed by atoms with Crippen molar-refractivity contribution in [2.75, 3.05) is 52.3 Å². The lowest BCUT2D eigenvalue weighted by Crippen LogP contribution is -2.42. The minimum atomic E-state index is 0. The second-order valence-corrected chi connectivity index (χ2v) is 7.29. The van der Waals surface area contributed by atoms with Crippen molar-refractivity contribution in [1.29, 1.82) is 0 Å². The molecule has 0 spiro atoms. The van der Waals surface area contributed by atoms with Gasteiger partial charge in [-0.1, -0.05) is 12.8 Å². The summed E-state index contributed by atoms with van der Waals surface area (Å²) in [5.41, 5.74) is 0. The minimum absolute atomic E-state index is 0. The van der Waals surface area contributed by atoms with E-state index in [1.807, 2.05) is 11.8 Å². The van der Waals surface area contributed by atoms with Crippen LogP contribution in [0.2, 0.25) is 0 Å². The van der Waals surface area contributed by atoms with Crippen LogP contribution >= 0.6 is 35.7 Å². The van der Waals surface area contributed by atoms with Crippen LogP contribution in [0.3, 0.4) is 0 Å². The lowest BCUT2D eigenvalue weighted by molar-refractivity contribution is -0.127. The maximum atomic E-state index is 11.7. The Kier molecular flexibility index (Phi) is 15.8. The average molecular weight is 486 g/mol. The summed E-state index contributed by atoms with van der Waals surface area (Å²) in [5, 5.41) is 6.64. The smallest absolute Gasteiger partial charge is 0.243 e. The molecule has 0 radical (unpaired) electrons. The van der Waals surface area contributed by atoms with Crippen LogP contribution in [0, 0.1) is 0 Å². The lowest BCUT2D eigenvalue weighted by Gasteiger charge is -2.16. The molecule has 1 unspecified atom stereocenters. The molecule has 2 N–H and O–H groups in total. The van der Waals surface area contributed by atoms with Crippen molar-refractivity contribution in [2.24, 2.45) is 4.99 Å². The standard InChI is InChI=1S/C17H34N4O2S.HI/c1-21(2)16(22)14-20-17(19-13-15-9-8-11-23-15)18-10-6-4-5-7-12-24-3;/h15H,4-14H2,1-3H3,(H2,18,19,20);1H. The van der Waals surface area contributed by atoms with Crippen LogP contribution in [0.1, 0.15) is 38.5 Å². The molecular weight excluding hydrogens is 451 g/mol. The first-order chi connectivity index (χ1) is 11.6. The first-order valence-corrected chi connectivity index (χ1v) is 10.4. The molecule has 25 heavy (non-hydrogen) atoms. The van der Waals surface area contributed by atoms with Gasteiger partial charge in [0.05, 0.1) is 6.10 Å². The summed E-state index contributed by atoms with van der Waals surface area (Å²) in [5.74, 6) is 1.96. The van der Waals surface area contributed by atoms with Gasteiger partial charge in [0.2, 0.25) is 5.91 Å².